The third-order valence-corrected chi connectivity index (χ3v) is 4.96. The minimum atomic E-state index is -4.63. The van der Waals surface area contributed by atoms with Crippen molar-refractivity contribution in [2.45, 2.75) is 19.3 Å². The zero-order valence-electron chi connectivity index (χ0n) is 17.8. The first kappa shape index (κ1) is 24.2. The molecule has 1 aromatic heterocycles. The highest BCUT2D eigenvalue weighted by atomic mass is 19.4. The van der Waals surface area contributed by atoms with Crippen LogP contribution in [0, 0.1) is 5.41 Å². The fourth-order valence-corrected chi connectivity index (χ4v) is 3.27. The maximum absolute atomic E-state index is 13.5. The van der Waals surface area contributed by atoms with E-state index in [1.54, 1.807) is 30.3 Å². The van der Waals surface area contributed by atoms with Gasteiger partial charge in [-0.3, -0.25) is 9.59 Å². The van der Waals surface area contributed by atoms with E-state index in [4.69, 9.17) is 16.9 Å². The van der Waals surface area contributed by atoms with E-state index in [1.807, 2.05) is 0 Å². The molecule has 0 fully saturated rings. The molecule has 0 aliphatic carbocycles. The lowest BCUT2D eigenvalue weighted by Crippen LogP contribution is -2.39. The summed E-state index contributed by atoms with van der Waals surface area (Å²) >= 11 is 0. The molecule has 0 atom stereocenters. The van der Waals surface area contributed by atoms with Crippen LogP contribution in [-0.2, 0) is 28.9 Å². The van der Waals surface area contributed by atoms with Crippen LogP contribution < -0.4 is 16.8 Å². The Morgan fingerprint density at radius 2 is 1.68 bits per heavy atom. The van der Waals surface area contributed by atoms with Gasteiger partial charge in [-0.25, -0.2) is 4.98 Å². The van der Waals surface area contributed by atoms with Gasteiger partial charge in [-0.1, -0.05) is 48.5 Å². The summed E-state index contributed by atoms with van der Waals surface area (Å²) in [6, 6.07) is 13.4. The van der Waals surface area contributed by atoms with Gasteiger partial charge in [0.2, 0.25) is 0 Å². The molecule has 6 N–H and O–H groups in total. The number of nitrogens with one attached hydrogen (secondary N) is 2. The fourth-order valence-electron chi connectivity index (χ4n) is 3.27. The molecule has 176 valence electrons. The summed E-state index contributed by atoms with van der Waals surface area (Å²) in [7, 11) is 0. The molecule has 2 amide bonds. The lowest BCUT2D eigenvalue weighted by atomic mass is 10.1. The Bertz CT molecular complexity index is 1220. The van der Waals surface area contributed by atoms with Crippen LogP contribution in [0.1, 0.15) is 22.3 Å². The number of nitrogens with two attached hydrogens (primary N) is 2. The van der Waals surface area contributed by atoms with E-state index >= 15 is 0 Å². The normalized spacial score (nSPS) is 11.0. The average molecular weight is 470 g/mol. The number of nitrogen functional groups attached to an aromatic ring is 2. The van der Waals surface area contributed by atoms with Gasteiger partial charge in [0.25, 0.3) is 0 Å². The lowest BCUT2D eigenvalue weighted by Gasteiger charge is -2.24. The van der Waals surface area contributed by atoms with Crippen LogP contribution in [0.4, 0.5) is 30.4 Å². The quantitative estimate of drug-likeness (QED) is 0.323. The molecule has 0 bridgehead atoms. The predicted octanol–water partition coefficient (Wildman–Crippen LogP) is 3.43. The summed E-state index contributed by atoms with van der Waals surface area (Å²) in [4.78, 5) is 30.6. The Morgan fingerprint density at radius 3 is 2.32 bits per heavy atom. The lowest BCUT2D eigenvalue weighted by molar-refractivity contribution is -0.145. The van der Waals surface area contributed by atoms with Crippen molar-refractivity contribution < 1.29 is 22.8 Å². The van der Waals surface area contributed by atoms with Crippen molar-refractivity contribution in [3.8, 4) is 0 Å². The van der Waals surface area contributed by atoms with Gasteiger partial charge >= 0.3 is 18.0 Å². The van der Waals surface area contributed by atoms with Crippen molar-refractivity contribution in [1.29, 1.82) is 5.41 Å². The molecule has 0 unspecified atom stereocenters. The largest absolute Gasteiger partial charge is 0.416 e. The summed E-state index contributed by atoms with van der Waals surface area (Å²) in [5.74, 6) is -2.24. The molecule has 0 spiro atoms. The van der Waals surface area contributed by atoms with Crippen molar-refractivity contribution in [3.05, 3.63) is 83.0 Å². The van der Waals surface area contributed by atoms with Crippen LogP contribution in [0.25, 0.3) is 0 Å². The summed E-state index contributed by atoms with van der Waals surface area (Å²) in [6.45, 7) is -0.571. The summed E-state index contributed by atoms with van der Waals surface area (Å²) < 4.78 is 40.5. The standard InChI is InChI=1S/C23H21F3N6O2/c24-23(25,26)17-9-5-4-8-15(17)13-32(12-14-6-2-1-3-7-14)22(34)21(33)31-18-11-30-20(29)16(10-27)19(18)28/h1-11,27H,12-13H2,(H,31,33)(H4,28,29,30). The molecule has 0 saturated heterocycles. The molecule has 1 heterocycles. The number of halogens is 3. The van der Waals surface area contributed by atoms with E-state index in [-0.39, 0.29) is 34.9 Å². The number of alkyl halides is 3. The Balaban J connectivity index is 1.92. The Hall–Kier alpha value is -4.41. The number of carbonyl (C=O) groups excluding carboxylic acids is 2. The Labute approximate surface area is 192 Å². The molecule has 0 saturated carbocycles. The van der Waals surface area contributed by atoms with Crippen LogP contribution in [0.15, 0.2) is 60.8 Å². The van der Waals surface area contributed by atoms with E-state index in [2.05, 4.69) is 10.3 Å². The highest BCUT2D eigenvalue weighted by molar-refractivity contribution is 6.39. The molecule has 0 aliphatic rings. The van der Waals surface area contributed by atoms with Crippen LogP contribution in [0.5, 0.6) is 0 Å². The van der Waals surface area contributed by atoms with E-state index in [9.17, 15) is 22.8 Å². The SMILES string of the molecule is N=Cc1c(N)ncc(NC(=O)C(=O)N(Cc2ccccc2)Cc2ccccc2C(F)(F)F)c1N. The maximum atomic E-state index is 13.5. The number of amides is 2. The summed E-state index contributed by atoms with van der Waals surface area (Å²) in [6.07, 6.45) is -2.65. The first-order chi connectivity index (χ1) is 16.1. The number of nitrogens with zero attached hydrogens (tertiary/aromatic N) is 2. The van der Waals surface area contributed by atoms with E-state index in [0.29, 0.717) is 5.56 Å². The highest BCUT2D eigenvalue weighted by Gasteiger charge is 2.34. The number of benzene rings is 2. The third-order valence-electron chi connectivity index (χ3n) is 4.96. The van der Waals surface area contributed by atoms with Crippen LogP contribution >= 0.6 is 0 Å². The van der Waals surface area contributed by atoms with Crippen molar-refractivity contribution in [2.75, 3.05) is 16.8 Å². The molecule has 2 aromatic carbocycles. The van der Waals surface area contributed by atoms with Gasteiger partial charge in [-0.05, 0) is 17.2 Å². The van der Waals surface area contributed by atoms with Gasteiger partial charge in [0.05, 0.1) is 28.7 Å². The zero-order chi connectivity index (χ0) is 24.9. The van der Waals surface area contributed by atoms with Gasteiger partial charge in [-0.2, -0.15) is 13.2 Å². The minimum absolute atomic E-state index is 0.0358. The zero-order valence-corrected chi connectivity index (χ0v) is 17.8. The summed E-state index contributed by atoms with van der Waals surface area (Å²) in [5.41, 5.74) is 11.0. The van der Waals surface area contributed by atoms with Crippen molar-refractivity contribution in [3.63, 3.8) is 0 Å². The Morgan fingerprint density at radius 1 is 1.03 bits per heavy atom. The molecule has 34 heavy (non-hydrogen) atoms. The van der Waals surface area contributed by atoms with Gasteiger partial charge in [-0.15, -0.1) is 0 Å². The minimum Gasteiger partial charge on any atom is -0.396 e. The Kier molecular flexibility index (Phi) is 7.15. The second-order valence-corrected chi connectivity index (χ2v) is 7.28. The van der Waals surface area contributed by atoms with E-state index in [0.717, 1.165) is 23.4 Å². The van der Waals surface area contributed by atoms with Gasteiger partial charge < -0.3 is 27.1 Å². The number of anilines is 3. The van der Waals surface area contributed by atoms with Gasteiger partial charge in [0.1, 0.15) is 5.82 Å². The molecule has 3 aromatic rings. The molecule has 0 aliphatic heterocycles. The number of carbonyl (C=O) groups is 2. The van der Waals surface area contributed by atoms with E-state index < -0.39 is 30.1 Å². The molecule has 8 nitrogen and oxygen atoms in total. The molecule has 11 heteroatoms. The van der Waals surface area contributed by atoms with Crippen LogP contribution in [0.3, 0.4) is 0 Å². The fraction of sp³-hybridized carbons (Fsp3) is 0.130. The molecular formula is C23H21F3N6O2. The number of aromatic nitrogens is 1. The smallest absolute Gasteiger partial charge is 0.396 e. The second-order valence-electron chi connectivity index (χ2n) is 7.28. The second kappa shape index (κ2) is 10.0. The number of hydrogen-bond donors (Lipinski definition) is 4. The van der Waals surface area contributed by atoms with Crippen molar-refractivity contribution in [2.24, 2.45) is 0 Å². The number of rotatable bonds is 6. The number of hydrogen-bond acceptors (Lipinski definition) is 6. The van der Waals surface area contributed by atoms with E-state index in [1.165, 1.54) is 18.2 Å². The topological polar surface area (TPSA) is 138 Å². The molecular weight excluding hydrogens is 449 g/mol. The first-order valence-corrected chi connectivity index (χ1v) is 9.95. The van der Waals surface area contributed by atoms with Crippen molar-refractivity contribution in [1.82, 2.24) is 9.88 Å². The number of pyridine rings is 1. The molecule has 0 radical (unpaired) electrons. The highest BCUT2D eigenvalue weighted by Crippen LogP contribution is 2.32. The third kappa shape index (κ3) is 5.49. The predicted molar refractivity (Wildman–Crippen MR) is 122 cm³/mol. The molecule has 3 rings (SSSR count). The summed E-state index contributed by atoms with van der Waals surface area (Å²) in [5, 5.41) is 9.68. The van der Waals surface area contributed by atoms with Crippen LogP contribution in [-0.4, -0.2) is 27.9 Å². The van der Waals surface area contributed by atoms with Gasteiger partial charge in [0.15, 0.2) is 0 Å². The van der Waals surface area contributed by atoms with Gasteiger partial charge in [0, 0.05) is 19.3 Å². The van der Waals surface area contributed by atoms with Crippen molar-refractivity contribution >= 4 is 35.2 Å². The maximum Gasteiger partial charge on any atom is 0.416 e. The first-order valence-electron chi connectivity index (χ1n) is 9.95. The monoisotopic (exact) mass is 470 g/mol. The van der Waals surface area contributed by atoms with Crippen LogP contribution in [0.2, 0.25) is 0 Å². The average Bonchev–Trinajstić information content (AvgIpc) is 2.80.